The summed E-state index contributed by atoms with van der Waals surface area (Å²) in [7, 11) is 0. The first-order valence-corrected chi connectivity index (χ1v) is 9.66. The molecule has 0 saturated heterocycles. The van der Waals surface area contributed by atoms with Crippen molar-refractivity contribution in [1.29, 1.82) is 0 Å². The van der Waals surface area contributed by atoms with Gasteiger partial charge in [-0.05, 0) is 47.5 Å². The molecule has 0 bridgehead atoms. The van der Waals surface area contributed by atoms with Gasteiger partial charge in [0.15, 0.2) is 5.17 Å². The van der Waals surface area contributed by atoms with Crippen LogP contribution in [0.3, 0.4) is 0 Å². The predicted octanol–water partition coefficient (Wildman–Crippen LogP) is 2.79. The maximum absolute atomic E-state index is 12.3. The third-order valence-electron chi connectivity index (χ3n) is 4.32. The van der Waals surface area contributed by atoms with Gasteiger partial charge in [-0.15, -0.1) is 0 Å². The molecule has 140 valence electrons. The topological polar surface area (TPSA) is 87.5 Å². The van der Waals surface area contributed by atoms with Crippen LogP contribution in [0.1, 0.15) is 11.1 Å². The van der Waals surface area contributed by atoms with E-state index in [1.54, 1.807) is 6.20 Å². The molecule has 1 aliphatic heterocycles. The van der Waals surface area contributed by atoms with Crippen LogP contribution in [0.5, 0.6) is 0 Å². The molecule has 0 aliphatic carbocycles. The fourth-order valence-electron chi connectivity index (χ4n) is 2.95. The zero-order valence-electron chi connectivity index (χ0n) is 14.9. The lowest BCUT2D eigenvalue weighted by Gasteiger charge is -2.16. The van der Waals surface area contributed by atoms with Crippen LogP contribution in [0.25, 0.3) is 17.0 Å². The Bertz CT molecular complexity index is 1070. The van der Waals surface area contributed by atoms with Gasteiger partial charge in [-0.1, -0.05) is 36.4 Å². The quantitative estimate of drug-likeness (QED) is 0.652. The average molecular weight is 390 g/mol. The summed E-state index contributed by atoms with van der Waals surface area (Å²) in [5, 5.41) is 14.3. The van der Waals surface area contributed by atoms with Crippen molar-refractivity contribution in [3.8, 4) is 0 Å². The second kappa shape index (κ2) is 8.33. The largest absolute Gasteiger partial charge is 0.394 e. The Morgan fingerprint density at radius 2 is 2.04 bits per heavy atom. The summed E-state index contributed by atoms with van der Waals surface area (Å²) in [5.74, 6) is -0.284. The lowest BCUT2D eigenvalue weighted by atomic mass is 10.1. The summed E-state index contributed by atoms with van der Waals surface area (Å²) in [6, 6.07) is 15.4. The van der Waals surface area contributed by atoms with Crippen LogP contribution in [-0.2, 0) is 11.2 Å². The van der Waals surface area contributed by atoms with Gasteiger partial charge in [-0.25, -0.2) is 9.97 Å². The number of aliphatic imine (C=N–C) groups is 1. The summed E-state index contributed by atoms with van der Waals surface area (Å²) >= 11 is 1.28. The smallest absolute Gasteiger partial charge is 0.286 e. The molecule has 0 spiro atoms. The Hall–Kier alpha value is -3.03. The van der Waals surface area contributed by atoms with E-state index in [1.807, 2.05) is 54.6 Å². The molecule has 3 aromatic rings. The number of fused-ring (bicyclic) bond motifs is 1. The molecule has 4 rings (SSSR count). The van der Waals surface area contributed by atoms with Crippen molar-refractivity contribution in [1.82, 2.24) is 15.3 Å². The molecule has 2 N–H and O–H groups in total. The number of carbonyl (C=O) groups excluding carboxylic acids is 1. The summed E-state index contributed by atoms with van der Waals surface area (Å²) in [6.07, 6.45) is 5.71. The molecule has 1 atom stereocenters. The molecular formula is C21H18N4O2S. The lowest BCUT2D eigenvalue weighted by Crippen LogP contribution is -2.37. The molecule has 1 aromatic heterocycles. The molecule has 28 heavy (non-hydrogen) atoms. The van der Waals surface area contributed by atoms with Gasteiger partial charge in [-0.3, -0.25) is 4.79 Å². The number of nitrogens with one attached hydrogen (secondary N) is 1. The molecule has 2 aromatic carbocycles. The van der Waals surface area contributed by atoms with Crippen LogP contribution < -0.4 is 5.32 Å². The highest BCUT2D eigenvalue weighted by molar-refractivity contribution is 8.18. The van der Waals surface area contributed by atoms with Gasteiger partial charge >= 0.3 is 0 Å². The summed E-state index contributed by atoms with van der Waals surface area (Å²) < 4.78 is 0. The monoisotopic (exact) mass is 390 g/mol. The Labute approximate surface area is 166 Å². The van der Waals surface area contributed by atoms with Crippen molar-refractivity contribution < 1.29 is 9.90 Å². The van der Waals surface area contributed by atoms with Gasteiger partial charge in [0.2, 0.25) is 0 Å². The number of aromatic nitrogens is 2. The van der Waals surface area contributed by atoms with E-state index in [-0.39, 0.29) is 18.6 Å². The van der Waals surface area contributed by atoms with Crippen LogP contribution >= 0.6 is 11.8 Å². The van der Waals surface area contributed by atoms with Crippen molar-refractivity contribution in [2.75, 3.05) is 6.61 Å². The number of benzene rings is 2. The first-order valence-electron chi connectivity index (χ1n) is 8.85. The summed E-state index contributed by atoms with van der Waals surface area (Å²) in [5.41, 5.74) is 2.85. The van der Waals surface area contributed by atoms with Crippen molar-refractivity contribution in [2.24, 2.45) is 4.99 Å². The van der Waals surface area contributed by atoms with Crippen LogP contribution in [0.15, 0.2) is 71.0 Å². The number of nitrogens with zero attached hydrogens (tertiary/aromatic N) is 3. The molecular weight excluding hydrogens is 372 g/mol. The minimum atomic E-state index is -0.284. The number of hydrogen-bond acceptors (Lipinski definition) is 6. The maximum Gasteiger partial charge on any atom is 0.286 e. The van der Waals surface area contributed by atoms with E-state index in [4.69, 9.17) is 0 Å². The van der Waals surface area contributed by atoms with E-state index in [0.29, 0.717) is 16.5 Å². The number of aliphatic hydroxyl groups is 1. The highest BCUT2D eigenvalue weighted by Crippen LogP contribution is 2.28. The fourth-order valence-corrected chi connectivity index (χ4v) is 3.84. The Morgan fingerprint density at radius 1 is 1.18 bits per heavy atom. The molecule has 0 saturated carbocycles. The average Bonchev–Trinajstić information content (AvgIpc) is 3.07. The molecule has 6 nitrogen and oxygen atoms in total. The van der Waals surface area contributed by atoms with Crippen LogP contribution in [0.2, 0.25) is 0 Å². The lowest BCUT2D eigenvalue weighted by molar-refractivity contribution is -0.113. The first-order chi connectivity index (χ1) is 13.7. The SMILES string of the molecule is O=C1N=C(NC(CO)Cc2ccccc2)SC1=Cc1ccc2ncncc2c1. The standard InChI is InChI=1S/C21H18N4O2S/c26-12-17(9-14-4-2-1-3-5-14)24-21-25-20(27)19(28-21)10-15-6-7-18-16(8-15)11-22-13-23-18/h1-8,10-11,13,17,26H,9,12H2,(H,24,25,27). The van der Waals surface area contributed by atoms with Gasteiger partial charge in [0.25, 0.3) is 5.91 Å². The van der Waals surface area contributed by atoms with E-state index in [2.05, 4.69) is 20.3 Å². The van der Waals surface area contributed by atoms with Gasteiger partial charge < -0.3 is 10.4 Å². The van der Waals surface area contributed by atoms with Crippen molar-refractivity contribution in [2.45, 2.75) is 12.5 Å². The van der Waals surface area contributed by atoms with Crippen molar-refractivity contribution in [3.05, 3.63) is 77.1 Å². The third-order valence-corrected chi connectivity index (χ3v) is 5.23. The predicted molar refractivity (Wildman–Crippen MR) is 112 cm³/mol. The second-order valence-electron chi connectivity index (χ2n) is 6.39. The molecule has 0 fully saturated rings. The normalized spacial score (nSPS) is 16.4. The van der Waals surface area contributed by atoms with E-state index < -0.39 is 0 Å². The van der Waals surface area contributed by atoms with Crippen molar-refractivity contribution >= 4 is 39.8 Å². The Balaban J connectivity index is 1.46. The molecule has 2 heterocycles. The van der Waals surface area contributed by atoms with Crippen LogP contribution in [-0.4, -0.2) is 38.8 Å². The van der Waals surface area contributed by atoms with E-state index in [9.17, 15) is 9.90 Å². The summed E-state index contributed by atoms with van der Waals surface area (Å²) in [4.78, 5) is 25.1. The molecule has 7 heteroatoms. The molecule has 0 radical (unpaired) electrons. The van der Waals surface area contributed by atoms with Crippen LogP contribution in [0.4, 0.5) is 0 Å². The number of carbonyl (C=O) groups is 1. The third kappa shape index (κ3) is 4.27. The second-order valence-corrected chi connectivity index (χ2v) is 7.42. The van der Waals surface area contributed by atoms with Gasteiger partial charge in [-0.2, -0.15) is 4.99 Å². The molecule has 1 amide bonds. The van der Waals surface area contributed by atoms with E-state index >= 15 is 0 Å². The molecule has 1 aliphatic rings. The minimum Gasteiger partial charge on any atom is -0.394 e. The number of aliphatic hydroxyl groups excluding tert-OH is 1. The van der Waals surface area contributed by atoms with Gasteiger partial charge in [0.05, 0.1) is 23.1 Å². The zero-order valence-corrected chi connectivity index (χ0v) is 15.8. The van der Waals surface area contributed by atoms with Gasteiger partial charge in [0.1, 0.15) is 6.33 Å². The number of rotatable bonds is 5. The van der Waals surface area contributed by atoms with Crippen molar-refractivity contribution in [3.63, 3.8) is 0 Å². The fraction of sp³-hybridized carbons (Fsp3) is 0.143. The van der Waals surface area contributed by atoms with Gasteiger partial charge in [0, 0.05) is 11.6 Å². The Kier molecular flexibility index (Phi) is 5.45. The van der Waals surface area contributed by atoms with Crippen LogP contribution in [0, 0.1) is 0 Å². The van der Waals surface area contributed by atoms with E-state index in [0.717, 1.165) is 22.0 Å². The Morgan fingerprint density at radius 3 is 2.86 bits per heavy atom. The zero-order chi connectivity index (χ0) is 19.3. The number of amidine groups is 1. The maximum atomic E-state index is 12.3. The summed E-state index contributed by atoms with van der Waals surface area (Å²) in [6.45, 7) is -0.0492. The number of amides is 1. The minimum absolute atomic E-state index is 0.0492. The number of thioether (sulfide) groups is 1. The highest BCUT2D eigenvalue weighted by Gasteiger charge is 2.23. The first kappa shape index (κ1) is 18.3. The highest BCUT2D eigenvalue weighted by atomic mass is 32.2. The number of hydrogen-bond donors (Lipinski definition) is 2. The molecule has 1 unspecified atom stereocenters. The van der Waals surface area contributed by atoms with E-state index in [1.165, 1.54) is 18.1 Å².